The highest BCUT2D eigenvalue weighted by Crippen LogP contribution is 2.51. The average Bonchev–Trinajstić information content (AvgIpc) is 1.95. The largest absolute Gasteiger partial charge is 0.453 e. The monoisotopic (exact) mass is 388 g/mol. The molecular weight excluding hydrogens is 370 g/mol. The van der Waals surface area contributed by atoms with E-state index < -0.39 is 29.0 Å². The van der Waals surface area contributed by atoms with Gasteiger partial charge >= 0.3 is 12.1 Å². The van der Waals surface area contributed by atoms with Crippen LogP contribution < -0.4 is 0 Å². The van der Waals surface area contributed by atoms with E-state index in [0.29, 0.717) is 0 Å². The summed E-state index contributed by atoms with van der Waals surface area (Å²) in [5.41, 5.74) is -2.63. The van der Waals surface area contributed by atoms with Gasteiger partial charge in [-0.1, -0.05) is 36.4 Å². The molecule has 0 aromatic rings. The van der Waals surface area contributed by atoms with Crippen LogP contribution in [0.5, 0.6) is 0 Å². The van der Waals surface area contributed by atoms with E-state index in [0.717, 1.165) is 0 Å². The van der Waals surface area contributed by atoms with Gasteiger partial charge in [-0.3, -0.25) is 0 Å². The molecule has 0 fully saturated rings. The third kappa shape index (κ3) is 4.47. The van der Waals surface area contributed by atoms with Crippen molar-refractivity contribution in [2.24, 2.45) is 11.3 Å². The van der Waals surface area contributed by atoms with Gasteiger partial charge in [0.25, 0.3) is 0 Å². The van der Waals surface area contributed by atoms with Gasteiger partial charge in [-0.25, -0.2) is 0 Å². The highest BCUT2D eigenvalue weighted by atomic mass is 127. The topological polar surface area (TPSA) is 20.2 Å². The molecule has 0 aliphatic rings. The lowest BCUT2D eigenvalue weighted by Gasteiger charge is -2.41. The van der Waals surface area contributed by atoms with E-state index in [1.54, 1.807) is 0 Å². The van der Waals surface area contributed by atoms with Crippen molar-refractivity contribution >= 4 is 22.6 Å². The summed E-state index contributed by atoms with van der Waals surface area (Å²) in [6.45, 7) is 5.44. The summed E-state index contributed by atoms with van der Waals surface area (Å²) in [5.74, 6) is -6.64. The van der Waals surface area contributed by atoms with Crippen LogP contribution in [0.3, 0.4) is 0 Å². The summed E-state index contributed by atoms with van der Waals surface area (Å²) >= 11 is 1.53. The fourth-order valence-electron chi connectivity index (χ4n) is 2.23. The lowest BCUT2D eigenvalue weighted by molar-refractivity contribution is -0.312. The van der Waals surface area contributed by atoms with Crippen LogP contribution in [-0.2, 0) is 0 Å². The smallest absolute Gasteiger partial charge is 0.390 e. The Balaban J connectivity index is 5.32. The van der Waals surface area contributed by atoms with Gasteiger partial charge in [0.1, 0.15) is 0 Å². The molecule has 1 unspecified atom stereocenters. The number of hydrogen-bond acceptors (Lipinski definition) is 1. The molecule has 0 aliphatic carbocycles. The predicted octanol–water partition coefficient (Wildman–Crippen LogP) is 4.42. The van der Waals surface area contributed by atoms with Gasteiger partial charge in [0.15, 0.2) is 0 Å². The van der Waals surface area contributed by atoms with Crippen LogP contribution in [0.1, 0.15) is 34.1 Å². The Labute approximate surface area is 117 Å². The first kappa shape index (κ1) is 18.3. The molecule has 18 heavy (non-hydrogen) atoms. The SMILES string of the molecule is CC(C)(O)CC(C)(C)C(CI)C(F)(F)C(F)(F)F. The van der Waals surface area contributed by atoms with Crippen molar-refractivity contribution in [2.45, 2.75) is 51.8 Å². The van der Waals surface area contributed by atoms with Gasteiger partial charge in [-0.15, -0.1) is 0 Å². The van der Waals surface area contributed by atoms with E-state index in [1.807, 2.05) is 0 Å². The van der Waals surface area contributed by atoms with E-state index in [4.69, 9.17) is 0 Å². The Morgan fingerprint density at radius 1 is 1.00 bits per heavy atom. The van der Waals surface area contributed by atoms with Gasteiger partial charge in [0.05, 0.1) is 5.60 Å². The molecule has 0 radical (unpaired) electrons. The highest BCUT2D eigenvalue weighted by Gasteiger charge is 2.65. The first-order valence-electron chi connectivity index (χ1n) is 5.38. The molecule has 1 N–H and O–H groups in total. The number of rotatable bonds is 5. The molecule has 0 heterocycles. The number of halogens is 6. The maximum atomic E-state index is 13.5. The summed E-state index contributed by atoms with van der Waals surface area (Å²) in [6.07, 6.45) is -5.71. The molecule has 7 heteroatoms. The molecule has 1 atom stereocenters. The molecule has 1 nitrogen and oxygen atoms in total. The Hall–Kier alpha value is 0.340. The zero-order valence-corrected chi connectivity index (χ0v) is 12.9. The minimum Gasteiger partial charge on any atom is -0.390 e. The van der Waals surface area contributed by atoms with E-state index in [9.17, 15) is 27.1 Å². The molecule has 0 amide bonds. The summed E-state index contributed by atoms with van der Waals surface area (Å²) in [7, 11) is 0. The Morgan fingerprint density at radius 3 is 1.61 bits per heavy atom. The van der Waals surface area contributed by atoms with Gasteiger partial charge in [-0.05, 0) is 25.7 Å². The highest BCUT2D eigenvalue weighted by molar-refractivity contribution is 14.1. The molecular formula is C11H18F5IO. The summed E-state index contributed by atoms with van der Waals surface area (Å²) < 4.78 is 63.8. The molecule has 0 aromatic carbocycles. The Bertz CT molecular complexity index is 280. The molecule has 0 rings (SSSR count). The zero-order chi connectivity index (χ0) is 15.0. The second kappa shape index (κ2) is 5.38. The molecule has 0 spiro atoms. The molecule has 110 valence electrons. The first-order chi connectivity index (χ1) is 7.65. The van der Waals surface area contributed by atoms with Crippen LogP contribution in [0, 0.1) is 11.3 Å². The van der Waals surface area contributed by atoms with Crippen molar-refractivity contribution in [3.63, 3.8) is 0 Å². The van der Waals surface area contributed by atoms with Crippen LogP contribution in [0.4, 0.5) is 22.0 Å². The lowest BCUT2D eigenvalue weighted by atomic mass is 9.70. The van der Waals surface area contributed by atoms with Crippen molar-refractivity contribution in [1.29, 1.82) is 0 Å². The van der Waals surface area contributed by atoms with E-state index >= 15 is 0 Å². The molecule has 0 saturated heterocycles. The maximum absolute atomic E-state index is 13.5. The van der Waals surface area contributed by atoms with E-state index in [1.165, 1.54) is 50.3 Å². The second-order valence-corrected chi connectivity index (χ2v) is 6.69. The van der Waals surface area contributed by atoms with Crippen molar-refractivity contribution < 1.29 is 27.1 Å². The number of aliphatic hydroxyl groups is 1. The number of alkyl halides is 6. The van der Waals surface area contributed by atoms with Crippen LogP contribution in [0.2, 0.25) is 0 Å². The second-order valence-electron chi connectivity index (χ2n) is 5.81. The normalized spacial score (nSPS) is 16.8. The summed E-state index contributed by atoms with van der Waals surface area (Å²) in [5, 5.41) is 9.64. The Kier molecular flexibility index (Phi) is 5.48. The van der Waals surface area contributed by atoms with Gasteiger partial charge < -0.3 is 5.11 Å². The fraction of sp³-hybridized carbons (Fsp3) is 1.00. The lowest BCUT2D eigenvalue weighted by Crippen LogP contribution is -2.51. The van der Waals surface area contributed by atoms with Gasteiger partial charge in [0.2, 0.25) is 0 Å². The fourth-order valence-corrected chi connectivity index (χ4v) is 3.98. The summed E-state index contributed by atoms with van der Waals surface area (Å²) in [6, 6.07) is 0. The minimum atomic E-state index is -5.57. The van der Waals surface area contributed by atoms with Crippen LogP contribution in [0.15, 0.2) is 0 Å². The van der Waals surface area contributed by atoms with Crippen molar-refractivity contribution in [3.05, 3.63) is 0 Å². The third-order valence-corrected chi connectivity index (χ3v) is 3.68. The molecule has 0 saturated carbocycles. The van der Waals surface area contributed by atoms with E-state index in [2.05, 4.69) is 0 Å². The van der Waals surface area contributed by atoms with Gasteiger partial charge in [0, 0.05) is 10.3 Å². The molecule has 0 bridgehead atoms. The van der Waals surface area contributed by atoms with Crippen LogP contribution in [-0.4, -0.2) is 27.2 Å². The van der Waals surface area contributed by atoms with Gasteiger partial charge in [-0.2, -0.15) is 22.0 Å². The van der Waals surface area contributed by atoms with Crippen LogP contribution in [0.25, 0.3) is 0 Å². The van der Waals surface area contributed by atoms with Crippen molar-refractivity contribution in [2.75, 3.05) is 4.43 Å². The average molecular weight is 388 g/mol. The standard InChI is InChI=1S/C11H18F5IO/c1-8(2,6-9(3,4)18)7(5-17)10(12,13)11(14,15)16/h7,18H,5-6H2,1-4H3. The molecule has 0 aliphatic heterocycles. The summed E-state index contributed by atoms with van der Waals surface area (Å²) in [4.78, 5) is 0. The minimum absolute atomic E-state index is 0.140. The van der Waals surface area contributed by atoms with Crippen molar-refractivity contribution in [3.8, 4) is 0 Å². The van der Waals surface area contributed by atoms with E-state index in [-0.39, 0.29) is 10.8 Å². The maximum Gasteiger partial charge on any atom is 0.453 e. The Morgan fingerprint density at radius 2 is 1.39 bits per heavy atom. The molecule has 0 aromatic heterocycles. The third-order valence-electron chi connectivity index (χ3n) is 2.80. The van der Waals surface area contributed by atoms with Crippen molar-refractivity contribution in [1.82, 2.24) is 0 Å². The zero-order valence-electron chi connectivity index (χ0n) is 10.7. The van der Waals surface area contributed by atoms with Crippen LogP contribution >= 0.6 is 22.6 Å². The predicted molar refractivity (Wildman–Crippen MR) is 68.1 cm³/mol. The number of hydrogen-bond donors (Lipinski definition) is 1. The quantitative estimate of drug-likeness (QED) is 0.420. The first-order valence-corrected chi connectivity index (χ1v) is 6.90.